The van der Waals surface area contributed by atoms with Crippen LogP contribution in [-0.4, -0.2) is 42.9 Å². The van der Waals surface area contributed by atoms with Crippen molar-refractivity contribution < 1.29 is 22.7 Å². The van der Waals surface area contributed by atoms with E-state index in [0.29, 0.717) is 25.1 Å². The number of amides is 1. The summed E-state index contributed by atoms with van der Waals surface area (Å²) < 4.78 is 40.0. The van der Waals surface area contributed by atoms with Crippen molar-refractivity contribution in [2.75, 3.05) is 18.4 Å². The second kappa shape index (κ2) is 7.93. The van der Waals surface area contributed by atoms with Gasteiger partial charge >= 0.3 is 0 Å². The van der Waals surface area contributed by atoms with Crippen molar-refractivity contribution in [2.24, 2.45) is 0 Å². The van der Waals surface area contributed by atoms with Gasteiger partial charge in [0.25, 0.3) is 5.91 Å². The lowest BCUT2D eigenvalue weighted by atomic mass is 10.1. The summed E-state index contributed by atoms with van der Waals surface area (Å²) >= 11 is 5.69. The molecule has 1 unspecified atom stereocenters. The normalized spacial score (nSPS) is 18.3. The van der Waals surface area contributed by atoms with Gasteiger partial charge in [0.05, 0.1) is 16.0 Å². The van der Waals surface area contributed by atoms with Gasteiger partial charge in [-0.25, -0.2) is 12.8 Å². The van der Waals surface area contributed by atoms with Crippen LogP contribution in [0.5, 0.6) is 0 Å². The number of carbonyl (C=O) groups excluding carboxylic acids is 1. The summed E-state index contributed by atoms with van der Waals surface area (Å²) in [6.45, 7) is 0.358. The Balaban J connectivity index is 1.82. The highest BCUT2D eigenvalue weighted by Gasteiger charge is 2.29. The molecule has 1 atom stereocenters. The summed E-state index contributed by atoms with van der Waals surface area (Å²) in [4.78, 5) is 12.4. The van der Waals surface area contributed by atoms with E-state index < -0.39 is 27.9 Å². The van der Waals surface area contributed by atoms with Crippen LogP contribution in [0.25, 0.3) is 0 Å². The maximum Gasteiger partial charge on any atom is 0.255 e. The predicted octanol–water partition coefficient (Wildman–Crippen LogP) is 2.88. The molecule has 1 fully saturated rings. The van der Waals surface area contributed by atoms with Crippen molar-refractivity contribution in [2.45, 2.75) is 23.8 Å². The van der Waals surface area contributed by atoms with Gasteiger partial charge in [-0.05, 0) is 49.2 Å². The summed E-state index contributed by atoms with van der Waals surface area (Å²) in [5, 5.41) is 12.2. The quantitative estimate of drug-likeness (QED) is 0.808. The number of halogens is 2. The molecule has 0 spiro atoms. The van der Waals surface area contributed by atoms with Crippen molar-refractivity contribution in [3.63, 3.8) is 0 Å². The SMILES string of the molecule is O=C(Nc1ccc(F)c(Cl)c1)c1cccc(S(=O)(=O)N2CCCC(O)C2)c1. The monoisotopic (exact) mass is 412 g/mol. The molecule has 1 heterocycles. The average Bonchev–Trinajstić information content (AvgIpc) is 2.65. The first-order valence-electron chi connectivity index (χ1n) is 8.32. The number of benzene rings is 2. The number of nitrogens with one attached hydrogen (secondary N) is 1. The number of β-amino-alcohol motifs (C(OH)–C–C–N with tert-alkyl or cyclic N) is 1. The highest BCUT2D eigenvalue weighted by Crippen LogP contribution is 2.23. The van der Waals surface area contributed by atoms with Crippen LogP contribution in [0.1, 0.15) is 23.2 Å². The van der Waals surface area contributed by atoms with Crippen LogP contribution >= 0.6 is 11.6 Å². The number of carbonyl (C=O) groups is 1. The van der Waals surface area contributed by atoms with E-state index in [0.717, 1.165) is 6.07 Å². The van der Waals surface area contributed by atoms with Crippen molar-refractivity contribution in [1.82, 2.24) is 4.31 Å². The van der Waals surface area contributed by atoms with E-state index >= 15 is 0 Å². The summed E-state index contributed by atoms with van der Waals surface area (Å²) in [5.74, 6) is -1.15. The van der Waals surface area contributed by atoms with Crippen molar-refractivity contribution in [3.8, 4) is 0 Å². The third kappa shape index (κ3) is 4.47. The topological polar surface area (TPSA) is 86.7 Å². The number of hydrogen-bond donors (Lipinski definition) is 2. The van der Waals surface area contributed by atoms with Gasteiger partial charge in [0, 0.05) is 24.3 Å². The molecule has 2 aromatic carbocycles. The Morgan fingerprint density at radius 2 is 2.04 bits per heavy atom. The second-order valence-electron chi connectivity index (χ2n) is 6.27. The number of anilines is 1. The van der Waals surface area contributed by atoms with E-state index in [9.17, 15) is 22.7 Å². The lowest BCUT2D eigenvalue weighted by Crippen LogP contribution is -2.42. The van der Waals surface area contributed by atoms with Crippen molar-refractivity contribution >= 4 is 33.2 Å². The second-order valence-corrected chi connectivity index (χ2v) is 8.62. The van der Waals surface area contributed by atoms with Gasteiger partial charge in [-0.2, -0.15) is 4.31 Å². The molecule has 0 aliphatic carbocycles. The van der Waals surface area contributed by atoms with E-state index in [4.69, 9.17) is 11.6 Å². The molecular formula is C18H18ClFN2O4S. The van der Waals surface area contributed by atoms with E-state index in [2.05, 4.69) is 5.32 Å². The molecule has 2 aromatic rings. The number of rotatable bonds is 4. The Kier molecular flexibility index (Phi) is 5.81. The minimum atomic E-state index is -3.81. The van der Waals surface area contributed by atoms with Crippen molar-refractivity contribution in [3.05, 3.63) is 58.9 Å². The minimum absolute atomic E-state index is 0.0265. The molecule has 1 aliphatic heterocycles. The summed E-state index contributed by atoms with van der Waals surface area (Å²) in [5.41, 5.74) is 0.424. The van der Waals surface area contributed by atoms with Crippen LogP contribution in [0.2, 0.25) is 5.02 Å². The molecule has 0 saturated carbocycles. The van der Waals surface area contributed by atoms with Crippen LogP contribution in [0.15, 0.2) is 47.4 Å². The van der Waals surface area contributed by atoms with E-state index in [-0.39, 0.29) is 22.0 Å². The van der Waals surface area contributed by atoms with Crippen molar-refractivity contribution in [1.29, 1.82) is 0 Å². The fourth-order valence-electron chi connectivity index (χ4n) is 2.86. The highest BCUT2D eigenvalue weighted by atomic mass is 35.5. The van der Waals surface area contributed by atoms with Gasteiger partial charge in [-0.3, -0.25) is 4.79 Å². The van der Waals surface area contributed by atoms with Gasteiger partial charge in [0.15, 0.2) is 0 Å². The molecule has 3 rings (SSSR count). The van der Waals surface area contributed by atoms with Gasteiger partial charge in [0.1, 0.15) is 5.82 Å². The first-order chi connectivity index (χ1) is 12.8. The Morgan fingerprint density at radius 3 is 2.74 bits per heavy atom. The first-order valence-corrected chi connectivity index (χ1v) is 10.1. The summed E-state index contributed by atoms with van der Waals surface area (Å²) in [6.07, 6.45) is 0.448. The molecular weight excluding hydrogens is 395 g/mol. The molecule has 1 saturated heterocycles. The Bertz CT molecular complexity index is 968. The van der Waals surface area contributed by atoms with Crippen LogP contribution in [-0.2, 0) is 10.0 Å². The van der Waals surface area contributed by atoms with Crippen LogP contribution in [0.4, 0.5) is 10.1 Å². The van der Waals surface area contributed by atoms with Crippen LogP contribution in [0.3, 0.4) is 0 Å². The third-order valence-electron chi connectivity index (χ3n) is 4.27. The van der Waals surface area contributed by atoms with Crippen LogP contribution < -0.4 is 5.32 Å². The Morgan fingerprint density at radius 1 is 1.26 bits per heavy atom. The zero-order chi connectivity index (χ0) is 19.6. The molecule has 27 heavy (non-hydrogen) atoms. The largest absolute Gasteiger partial charge is 0.392 e. The Labute approximate surface area is 161 Å². The fraction of sp³-hybridized carbons (Fsp3) is 0.278. The number of piperidine rings is 1. The number of aliphatic hydroxyl groups excluding tert-OH is 1. The van der Waals surface area contributed by atoms with E-state index in [1.54, 1.807) is 0 Å². The van der Waals surface area contributed by atoms with Gasteiger partial charge in [-0.15, -0.1) is 0 Å². The molecule has 9 heteroatoms. The molecule has 6 nitrogen and oxygen atoms in total. The molecule has 1 aliphatic rings. The standard InChI is InChI=1S/C18H18ClFN2O4S/c19-16-10-13(6-7-17(16)20)21-18(24)12-3-1-5-15(9-12)27(25,26)22-8-2-4-14(23)11-22/h1,3,5-7,9-10,14,23H,2,4,8,11H2,(H,21,24). The van der Waals surface area contributed by atoms with Gasteiger partial charge < -0.3 is 10.4 Å². The zero-order valence-electron chi connectivity index (χ0n) is 14.2. The van der Waals surface area contributed by atoms with Gasteiger partial charge in [-0.1, -0.05) is 17.7 Å². The maximum atomic E-state index is 13.2. The third-order valence-corrected chi connectivity index (χ3v) is 6.42. The number of nitrogens with zero attached hydrogens (tertiary/aromatic N) is 1. The number of hydrogen-bond acceptors (Lipinski definition) is 4. The van der Waals surface area contributed by atoms with Gasteiger partial charge in [0.2, 0.25) is 10.0 Å². The zero-order valence-corrected chi connectivity index (χ0v) is 15.8. The molecule has 1 amide bonds. The lowest BCUT2D eigenvalue weighted by Gasteiger charge is -2.29. The number of sulfonamides is 1. The minimum Gasteiger partial charge on any atom is -0.392 e. The summed E-state index contributed by atoms with van der Waals surface area (Å²) in [7, 11) is -3.81. The van der Waals surface area contributed by atoms with E-state index in [1.165, 1.54) is 40.7 Å². The average molecular weight is 413 g/mol. The van der Waals surface area contributed by atoms with Crippen LogP contribution in [0, 0.1) is 5.82 Å². The Hall–Kier alpha value is -2.00. The first kappa shape index (κ1) is 19.8. The lowest BCUT2D eigenvalue weighted by molar-refractivity contribution is 0.102. The smallest absolute Gasteiger partial charge is 0.255 e. The maximum absolute atomic E-state index is 13.2. The predicted molar refractivity (Wildman–Crippen MR) is 99.8 cm³/mol. The molecule has 0 radical (unpaired) electrons. The fourth-order valence-corrected chi connectivity index (χ4v) is 4.61. The molecule has 2 N–H and O–H groups in total. The molecule has 0 bridgehead atoms. The molecule has 144 valence electrons. The highest BCUT2D eigenvalue weighted by molar-refractivity contribution is 7.89. The number of aliphatic hydroxyl groups is 1. The van der Waals surface area contributed by atoms with E-state index in [1.807, 2.05) is 0 Å². The molecule has 0 aromatic heterocycles. The summed E-state index contributed by atoms with van der Waals surface area (Å²) in [6, 6.07) is 9.38.